The summed E-state index contributed by atoms with van der Waals surface area (Å²) in [5, 5.41) is 10.1. The molecule has 36 heavy (non-hydrogen) atoms. The molecule has 1 aromatic carbocycles. The van der Waals surface area contributed by atoms with E-state index >= 15 is 0 Å². The Morgan fingerprint density at radius 2 is 1.86 bits per heavy atom. The van der Waals surface area contributed by atoms with Crippen molar-refractivity contribution in [3.05, 3.63) is 42.0 Å². The van der Waals surface area contributed by atoms with Gasteiger partial charge < -0.3 is 38.3 Å². The van der Waals surface area contributed by atoms with E-state index < -0.39 is 12.6 Å². The van der Waals surface area contributed by atoms with Crippen LogP contribution in [0.2, 0.25) is 0 Å². The van der Waals surface area contributed by atoms with Gasteiger partial charge in [0.1, 0.15) is 11.9 Å². The maximum atomic E-state index is 10.1. The normalized spacial score (nSPS) is 40.6. The number of ether oxygens (including phenoxy) is 7. The van der Waals surface area contributed by atoms with Crippen LogP contribution in [0.3, 0.4) is 0 Å². The lowest BCUT2D eigenvalue weighted by molar-refractivity contribution is -0.289. The average molecular weight is 503 g/mol. The fraction of sp³-hybridized carbons (Fsp3) is 0.714. The molecule has 1 saturated carbocycles. The molecule has 1 aliphatic carbocycles. The Hall–Kier alpha value is -1.52. The number of hydrogen-bond donors (Lipinski definition) is 1. The van der Waals surface area contributed by atoms with Crippen LogP contribution in [0.4, 0.5) is 0 Å². The maximum Gasteiger partial charge on any atom is 0.203 e. The standard InChI is InChI=1S/C28H38O8/c29-25-15-20-19(8-5-12-27-32-17-18-7-1-2-9-21(18)34-27)23(16-24(20)33-25)36-28-22(10-6-14-31-28)35-26-11-3-4-13-30-26/h1-2,5,7-9,19-20,22-29H,3-4,6,10-17H2/b8-5+/t19-,20-,22-,23-,24+,25?,26?,27?,28?/m1/s1. The third-order valence-electron chi connectivity index (χ3n) is 8.01. The van der Waals surface area contributed by atoms with Gasteiger partial charge in [0.15, 0.2) is 18.9 Å². The van der Waals surface area contributed by atoms with Crippen molar-refractivity contribution in [2.75, 3.05) is 13.2 Å². The highest BCUT2D eigenvalue weighted by Crippen LogP contribution is 2.45. The number of hydrogen-bond acceptors (Lipinski definition) is 8. The minimum Gasteiger partial charge on any atom is -0.464 e. The van der Waals surface area contributed by atoms with Crippen LogP contribution in [0.1, 0.15) is 56.9 Å². The Morgan fingerprint density at radius 3 is 2.78 bits per heavy atom. The molecule has 8 heteroatoms. The van der Waals surface area contributed by atoms with Crippen LogP contribution in [0.5, 0.6) is 5.75 Å². The Labute approximate surface area is 212 Å². The number of para-hydroxylation sites is 1. The molecule has 1 aromatic rings. The van der Waals surface area contributed by atoms with E-state index in [2.05, 4.69) is 12.2 Å². The van der Waals surface area contributed by atoms with E-state index in [9.17, 15) is 5.11 Å². The van der Waals surface area contributed by atoms with Gasteiger partial charge in [-0.3, -0.25) is 0 Å². The van der Waals surface area contributed by atoms with Gasteiger partial charge in [-0.2, -0.15) is 0 Å². The summed E-state index contributed by atoms with van der Waals surface area (Å²) in [4.78, 5) is 0. The molecule has 0 aromatic heterocycles. The minimum absolute atomic E-state index is 0.0154. The largest absolute Gasteiger partial charge is 0.464 e. The van der Waals surface area contributed by atoms with Gasteiger partial charge in [-0.25, -0.2) is 0 Å². The van der Waals surface area contributed by atoms with Crippen molar-refractivity contribution >= 4 is 0 Å². The molecular weight excluding hydrogens is 464 g/mol. The van der Waals surface area contributed by atoms with E-state index in [0.717, 1.165) is 56.4 Å². The first-order valence-corrected chi connectivity index (χ1v) is 13.6. The summed E-state index contributed by atoms with van der Waals surface area (Å²) in [6.45, 7) is 1.98. The lowest BCUT2D eigenvalue weighted by Gasteiger charge is -2.37. The first kappa shape index (κ1) is 24.8. The summed E-state index contributed by atoms with van der Waals surface area (Å²) >= 11 is 0. The first-order chi connectivity index (χ1) is 17.7. The highest BCUT2D eigenvalue weighted by molar-refractivity contribution is 5.33. The summed E-state index contributed by atoms with van der Waals surface area (Å²) in [7, 11) is 0. The van der Waals surface area contributed by atoms with Crippen molar-refractivity contribution in [3.63, 3.8) is 0 Å². The second kappa shape index (κ2) is 11.5. The number of rotatable bonds is 7. The molecule has 4 heterocycles. The van der Waals surface area contributed by atoms with E-state index in [1.54, 1.807) is 0 Å². The van der Waals surface area contributed by atoms with Crippen molar-refractivity contribution in [3.8, 4) is 5.75 Å². The fourth-order valence-electron chi connectivity index (χ4n) is 6.18. The highest BCUT2D eigenvalue weighted by atomic mass is 16.7. The van der Waals surface area contributed by atoms with Crippen molar-refractivity contribution in [1.29, 1.82) is 0 Å². The number of aliphatic hydroxyl groups is 1. The summed E-state index contributed by atoms with van der Waals surface area (Å²) in [5.74, 6) is 1.21. The zero-order chi connectivity index (χ0) is 24.3. The van der Waals surface area contributed by atoms with Gasteiger partial charge in [0.05, 0.1) is 18.8 Å². The Kier molecular flexibility index (Phi) is 7.90. The maximum absolute atomic E-state index is 10.1. The van der Waals surface area contributed by atoms with Gasteiger partial charge in [0, 0.05) is 44.0 Å². The zero-order valence-electron chi connectivity index (χ0n) is 20.7. The van der Waals surface area contributed by atoms with E-state index in [4.69, 9.17) is 33.2 Å². The third-order valence-corrected chi connectivity index (χ3v) is 8.01. The van der Waals surface area contributed by atoms with Crippen molar-refractivity contribution in [2.45, 2.75) is 101 Å². The molecule has 6 rings (SSSR count). The Balaban J connectivity index is 1.10. The molecule has 4 unspecified atom stereocenters. The van der Waals surface area contributed by atoms with Crippen LogP contribution in [-0.2, 0) is 35.0 Å². The first-order valence-electron chi connectivity index (χ1n) is 13.6. The van der Waals surface area contributed by atoms with E-state index in [1.165, 1.54) is 0 Å². The topological polar surface area (TPSA) is 84.8 Å². The molecule has 9 atom stereocenters. The molecule has 5 aliphatic rings. The van der Waals surface area contributed by atoms with Gasteiger partial charge in [-0.15, -0.1) is 0 Å². The van der Waals surface area contributed by atoms with Gasteiger partial charge in [0.25, 0.3) is 0 Å². The lowest BCUT2D eigenvalue weighted by atomic mass is 9.91. The SMILES string of the molecule is OC1C[C@@H]2[C@@H](/C=C/CC3OCc4ccccc4O3)[C@H](OC3OCCC[C@H]3OC3CCCCO3)C[C@@H]2O1. The van der Waals surface area contributed by atoms with Crippen LogP contribution < -0.4 is 4.74 Å². The number of fused-ring (bicyclic) bond motifs is 2. The van der Waals surface area contributed by atoms with Crippen molar-refractivity contribution in [1.82, 2.24) is 0 Å². The summed E-state index contributed by atoms with van der Waals surface area (Å²) < 4.78 is 42.5. The molecule has 198 valence electrons. The quantitative estimate of drug-likeness (QED) is 0.559. The van der Waals surface area contributed by atoms with Crippen LogP contribution in [-0.4, -0.2) is 61.8 Å². The molecule has 4 aliphatic heterocycles. The summed E-state index contributed by atoms with van der Waals surface area (Å²) in [5.41, 5.74) is 1.07. The molecule has 4 fully saturated rings. The molecule has 0 radical (unpaired) electrons. The molecule has 0 spiro atoms. The zero-order valence-corrected chi connectivity index (χ0v) is 20.7. The predicted octanol–water partition coefficient (Wildman–Crippen LogP) is 4.04. The second-order valence-corrected chi connectivity index (χ2v) is 10.5. The predicted molar refractivity (Wildman–Crippen MR) is 129 cm³/mol. The molecule has 0 amide bonds. The van der Waals surface area contributed by atoms with Crippen LogP contribution in [0, 0.1) is 11.8 Å². The van der Waals surface area contributed by atoms with Gasteiger partial charge in [-0.05, 0) is 44.1 Å². The number of benzene rings is 1. The molecule has 0 bridgehead atoms. The third kappa shape index (κ3) is 5.65. The summed E-state index contributed by atoms with van der Waals surface area (Å²) in [6.07, 6.45) is 9.47. The van der Waals surface area contributed by atoms with Crippen molar-refractivity contribution < 1.29 is 38.3 Å². The van der Waals surface area contributed by atoms with Crippen LogP contribution in [0.25, 0.3) is 0 Å². The van der Waals surface area contributed by atoms with Crippen LogP contribution >= 0.6 is 0 Å². The van der Waals surface area contributed by atoms with E-state index in [0.29, 0.717) is 26.1 Å². The second-order valence-electron chi connectivity index (χ2n) is 10.5. The summed E-state index contributed by atoms with van der Waals surface area (Å²) in [6, 6.07) is 7.98. The van der Waals surface area contributed by atoms with E-state index in [-0.39, 0.29) is 42.7 Å². The van der Waals surface area contributed by atoms with Gasteiger partial charge in [0.2, 0.25) is 6.29 Å². The average Bonchev–Trinajstić information content (AvgIpc) is 3.41. The smallest absolute Gasteiger partial charge is 0.203 e. The van der Waals surface area contributed by atoms with Gasteiger partial charge in [-0.1, -0.05) is 30.4 Å². The molecule has 8 nitrogen and oxygen atoms in total. The van der Waals surface area contributed by atoms with Gasteiger partial charge >= 0.3 is 0 Å². The van der Waals surface area contributed by atoms with Crippen LogP contribution in [0.15, 0.2) is 36.4 Å². The van der Waals surface area contributed by atoms with Crippen molar-refractivity contribution in [2.24, 2.45) is 11.8 Å². The molecule has 3 saturated heterocycles. The number of aliphatic hydroxyl groups excluding tert-OH is 1. The Bertz CT molecular complexity index is 886. The fourth-order valence-corrected chi connectivity index (χ4v) is 6.18. The lowest BCUT2D eigenvalue weighted by Crippen LogP contribution is -2.44. The highest BCUT2D eigenvalue weighted by Gasteiger charge is 2.50. The monoisotopic (exact) mass is 502 g/mol. The minimum atomic E-state index is -0.705. The Morgan fingerprint density at radius 1 is 0.944 bits per heavy atom. The van der Waals surface area contributed by atoms with E-state index in [1.807, 2.05) is 24.3 Å². The molecular formula is C28H38O8. The molecule has 1 N–H and O–H groups in total.